The van der Waals surface area contributed by atoms with E-state index in [1.807, 2.05) is 0 Å². The van der Waals surface area contributed by atoms with Gasteiger partial charge in [-0.25, -0.2) is 17.2 Å². The number of hydrogen-bond acceptors (Lipinski definition) is 3. The number of benzene rings is 1. The maximum atomic E-state index is 13.5. The van der Waals surface area contributed by atoms with Crippen LogP contribution in [0.5, 0.6) is 0 Å². The molecule has 100 valence electrons. The van der Waals surface area contributed by atoms with Crippen LogP contribution in [0.3, 0.4) is 0 Å². The van der Waals surface area contributed by atoms with Gasteiger partial charge in [-0.05, 0) is 31.2 Å². The third-order valence-corrected chi connectivity index (χ3v) is 4.72. The lowest BCUT2D eigenvalue weighted by molar-refractivity contribution is 0.426. The Morgan fingerprint density at radius 2 is 1.94 bits per heavy atom. The number of nitrogens with one attached hydrogen (secondary N) is 1. The second-order valence-electron chi connectivity index (χ2n) is 4.08. The normalized spacial score (nSPS) is 18.6. The van der Waals surface area contributed by atoms with E-state index in [1.54, 1.807) is 0 Å². The van der Waals surface area contributed by atoms with E-state index in [1.165, 1.54) is 4.31 Å². The van der Waals surface area contributed by atoms with Gasteiger partial charge in [0, 0.05) is 19.6 Å². The fourth-order valence-electron chi connectivity index (χ4n) is 1.88. The van der Waals surface area contributed by atoms with Crippen molar-refractivity contribution in [2.24, 2.45) is 0 Å². The van der Waals surface area contributed by atoms with E-state index in [4.69, 9.17) is 0 Å². The highest BCUT2D eigenvalue weighted by atomic mass is 32.2. The van der Waals surface area contributed by atoms with Crippen molar-refractivity contribution in [1.29, 1.82) is 0 Å². The molecule has 2 rings (SSSR count). The Hall–Kier alpha value is -1.05. The lowest BCUT2D eigenvalue weighted by atomic mass is 10.3. The molecule has 1 fully saturated rings. The highest BCUT2D eigenvalue weighted by molar-refractivity contribution is 7.89. The van der Waals surface area contributed by atoms with Crippen molar-refractivity contribution in [3.05, 3.63) is 29.8 Å². The number of nitrogens with zero attached hydrogens (tertiary/aromatic N) is 1. The van der Waals surface area contributed by atoms with Crippen molar-refractivity contribution < 1.29 is 17.2 Å². The monoisotopic (exact) mass is 276 g/mol. The van der Waals surface area contributed by atoms with E-state index in [0.717, 1.165) is 24.7 Å². The predicted octanol–water partition coefficient (Wildman–Crippen LogP) is 0.949. The SMILES string of the molecule is O=S(=O)(c1cc(F)ccc1F)N1CCCNCC1. The topological polar surface area (TPSA) is 49.4 Å². The molecule has 1 aromatic rings. The van der Waals surface area contributed by atoms with Gasteiger partial charge in [-0.2, -0.15) is 4.31 Å². The van der Waals surface area contributed by atoms with Crippen molar-refractivity contribution in [3.63, 3.8) is 0 Å². The van der Waals surface area contributed by atoms with Crippen molar-refractivity contribution in [2.75, 3.05) is 26.2 Å². The standard InChI is InChI=1S/C11H14F2N2O2S/c12-9-2-3-10(13)11(8-9)18(16,17)15-6-1-4-14-5-7-15/h2-3,8,14H,1,4-7H2. The molecule has 1 heterocycles. The third-order valence-electron chi connectivity index (χ3n) is 2.81. The number of rotatable bonds is 2. The van der Waals surface area contributed by atoms with Crippen molar-refractivity contribution in [3.8, 4) is 0 Å². The molecule has 1 aliphatic heterocycles. The molecule has 0 amide bonds. The van der Waals surface area contributed by atoms with Crippen LogP contribution in [0.2, 0.25) is 0 Å². The molecule has 1 aliphatic rings. The third kappa shape index (κ3) is 2.68. The van der Waals surface area contributed by atoms with Gasteiger partial charge < -0.3 is 5.32 Å². The average molecular weight is 276 g/mol. The molecule has 0 bridgehead atoms. The van der Waals surface area contributed by atoms with Crippen molar-refractivity contribution in [1.82, 2.24) is 9.62 Å². The Labute approximate surface area is 105 Å². The maximum Gasteiger partial charge on any atom is 0.246 e. The number of hydrogen-bond donors (Lipinski definition) is 1. The summed E-state index contributed by atoms with van der Waals surface area (Å²) in [4.78, 5) is -0.593. The Balaban J connectivity index is 2.37. The fourth-order valence-corrected chi connectivity index (χ4v) is 3.43. The molecule has 0 saturated carbocycles. The summed E-state index contributed by atoms with van der Waals surface area (Å²) in [6.45, 7) is 1.80. The molecule has 1 N–H and O–H groups in total. The van der Waals surface area contributed by atoms with E-state index in [-0.39, 0.29) is 6.54 Å². The first-order valence-corrected chi connectivity index (χ1v) is 7.12. The highest BCUT2D eigenvalue weighted by Crippen LogP contribution is 2.20. The molecular formula is C11H14F2N2O2S. The Morgan fingerprint density at radius 3 is 2.72 bits per heavy atom. The smallest absolute Gasteiger partial charge is 0.246 e. The van der Waals surface area contributed by atoms with Gasteiger partial charge in [0.25, 0.3) is 0 Å². The van der Waals surface area contributed by atoms with Crippen LogP contribution < -0.4 is 5.32 Å². The van der Waals surface area contributed by atoms with E-state index < -0.39 is 26.6 Å². The molecule has 0 aliphatic carbocycles. The maximum absolute atomic E-state index is 13.5. The van der Waals surface area contributed by atoms with Crippen LogP contribution in [0, 0.1) is 11.6 Å². The summed E-state index contributed by atoms with van der Waals surface area (Å²) in [5.74, 6) is -1.68. The number of sulfonamides is 1. The van der Waals surface area contributed by atoms with E-state index in [2.05, 4.69) is 5.32 Å². The Morgan fingerprint density at radius 1 is 1.17 bits per heavy atom. The molecule has 0 atom stereocenters. The second kappa shape index (κ2) is 5.29. The van der Waals surface area contributed by atoms with Gasteiger partial charge in [-0.3, -0.25) is 0 Å². The fraction of sp³-hybridized carbons (Fsp3) is 0.455. The first-order valence-electron chi connectivity index (χ1n) is 5.68. The van der Waals surface area contributed by atoms with Crippen LogP contribution >= 0.6 is 0 Å². The summed E-state index contributed by atoms with van der Waals surface area (Å²) < 4.78 is 52.2. The van der Waals surface area contributed by atoms with Gasteiger partial charge in [0.2, 0.25) is 10.0 Å². The van der Waals surface area contributed by atoms with Gasteiger partial charge >= 0.3 is 0 Å². The van der Waals surface area contributed by atoms with Gasteiger partial charge in [0.05, 0.1) is 0 Å². The lowest BCUT2D eigenvalue weighted by Gasteiger charge is -2.19. The first-order chi connectivity index (χ1) is 8.51. The Kier molecular flexibility index (Phi) is 3.94. The molecule has 0 unspecified atom stereocenters. The van der Waals surface area contributed by atoms with Crippen LogP contribution in [-0.4, -0.2) is 38.9 Å². The predicted molar refractivity (Wildman–Crippen MR) is 62.6 cm³/mol. The first kappa shape index (κ1) is 13.4. The minimum absolute atomic E-state index is 0.262. The van der Waals surface area contributed by atoms with Crippen LogP contribution in [0.15, 0.2) is 23.1 Å². The molecule has 7 heteroatoms. The molecule has 4 nitrogen and oxygen atoms in total. The quantitative estimate of drug-likeness (QED) is 0.875. The highest BCUT2D eigenvalue weighted by Gasteiger charge is 2.28. The summed E-state index contributed by atoms with van der Waals surface area (Å²) in [6, 6.07) is 2.46. The van der Waals surface area contributed by atoms with Crippen LogP contribution in [0.4, 0.5) is 8.78 Å². The van der Waals surface area contributed by atoms with E-state index in [0.29, 0.717) is 19.5 Å². The molecule has 1 saturated heterocycles. The van der Waals surface area contributed by atoms with Crippen molar-refractivity contribution >= 4 is 10.0 Å². The van der Waals surface area contributed by atoms with Gasteiger partial charge in [0.1, 0.15) is 16.5 Å². The van der Waals surface area contributed by atoms with Gasteiger partial charge in [0.15, 0.2) is 0 Å². The minimum Gasteiger partial charge on any atom is -0.315 e. The summed E-state index contributed by atoms with van der Waals surface area (Å²) in [5.41, 5.74) is 0. The second-order valence-corrected chi connectivity index (χ2v) is 5.99. The molecule has 18 heavy (non-hydrogen) atoms. The summed E-state index contributed by atoms with van der Waals surface area (Å²) in [7, 11) is -3.96. The van der Waals surface area contributed by atoms with Crippen molar-refractivity contribution in [2.45, 2.75) is 11.3 Å². The van der Waals surface area contributed by atoms with Crippen LogP contribution in [-0.2, 0) is 10.0 Å². The largest absolute Gasteiger partial charge is 0.315 e. The summed E-state index contributed by atoms with van der Waals surface area (Å²) in [5, 5.41) is 3.05. The van der Waals surface area contributed by atoms with Gasteiger partial charge in [-0.1, -0.05) is 0 Å². The zero-order valence-corrected chi connectivity index (χ0v) is 10.5. The molecule has 0 spiro atoms. The molecular weight excluding hydrogens is 262 g/mol. The average Bonchev–Trinajstić information content (AvgIpc) is 2.61. The molecule has 1 aromatic carbocycles. The van der Waals surface area contributed by atoms with Crippen LogP contribution in [0.1, 0.15) is 6.42 Å². The van der Waals surface area contributed by atoms with Crippen LogP contribution in [0.25, 0.3) is 0 Å². The van der Waals surface area contributed by atoms with E-state index in [9.17, 15) is 17.2 Å². The lowest BCUT2D eigenvalue weighted by Crippen LogP contribution is -2.34. The molecule has 0 aromatic heterocycles. The van der Waals surface area contributed by atoms with E-state index >= 15 is 0 Å². The Bertz CT molecular complexity index is 526. The molecule has 0 radical (unpaired) electrons. The summed E-state index contributed by atoms with van der Waals surface area (Å²) in [6.07, 6.45) is 0.649. The summed E-state index contributed by atoms with van der Waals surface area (Å²) >= 11 is 0. The zero-order valence-electron chi connectivity index (χ0n) is 9.70. The van der Waals surface area contributed by atoms with Gasteiger partial charge in [-0.15, -0.1) is 0 Å². The minimum atomic E-state index is -3.96. The zero-order chi connectivity index (χ0) is 13.2. The number of halogens is 2.